The van der Waals surface area contributed by atoms with Crippen LogP contribution < -0.4 is 10.6 Å². The second kappa shape index (κ2) is 4.88. The van der Waals surface area contributed by atoms with Crippen LogP contribution in [0.4, 0.5) is 4.79 Å². The standard InChI is InChI=1S/C19H32N2O/c1-17-8-14-9-18(2,11-17)13-19(10-14,12-17)21-16(22)20-15-6-4-3-5-7-15/h14-15H,3-13H2,1-2H3,(H2,20,21,22)/t14?,17-,18-,19?/m0/s1. The number of nitrogens with one attached hydrogen (secondary N) is 2. The van der Waals surface area contributed by atoms with Crippen LogP contribution in [-0.2, 0) is 0 Å². The zero-order valence-electron chi connectivity index (χ0n) is 14.3. The molecule has 4 bridgehead atoms. The van der Waals surface area contributed by atoms with Crippen molar-refractivity contribution >= 4 is 6.03 Å². The van der Waals surface area contributed by atoms with E-state index in [-0.39, 0.29) is 11.6 Å². The van der Waals surface area contributed by atoms with Gasteiger partial charge >= 0.3 is 6.03 Å². The largest absolute Gasteiger partial charge is 0.335 e. The van der Waals surface area contributed by atoms with Gasteiger partial charge in [-0.25, -0.2) is 4.79 Å². The van der Waals surface area contributed by atoms with Gasteiger partial charge in [-0.3, -0.25) is 0 Å². The topological polar surface area (TPSA) is 41.1 Å². The van der Waals surface area contributed by atoms with E-state index < -0.39 is 0 Å². The molecule has 5 fully saturated rings. The van der Waals surface area contributed by atoms with E-state index in [0.717, 1.165) is 5.92 Å². The number of urea groups is 1. The van der Waals surface area contributed by atoms with E-state index in [1.54, 1.807) is 0 Å². The van der Waals surface area contributed by atoms with Crippen LogP contribution >= 0.6 is 0 Å². The third-order valence-corrected chi connectivity index (χ3v) is 6.95. The minimum atomic E-state index is 0.0850. The van der Waals surface area contributed by atoms with E-state index in [2.05, 4.69) is 24.5 Å². The quantitative estimate of drug-likeness (QED) is 0.781. The maximum absolute atomic E-state index is 12.6. The van der Waals surface area contributed by atoms with E-state index in [1.165, 1.54) is 70.6 Å². The molecular weight excluding hydrogens is 272 g/mol. The number of carbonyl (C=O) groups excluding carboxylic acids is 1. The van der Waals surface area contributed by atoms with Crippen molar-refractivity contribution in [3.05, 3.63) is 0 Å². The summed E-state index contributed by atoms with van der Waals surface area (Å²) in [5, 5.41) is 6.74. The van der Waals surface area contributed by atoms with Crippen molar-refractivity contribution in [2.75, 3.05) is 0 Å². The zero-order chi connectivity index (χ0) is 15.4. The highest BCUT2D eigenvalue weighted by molar-refractivity contribution is 5.75. The molecule has 5 rings (SSSR count). The van der Waals surface area contributed by atoms with Crippen LogP contribution in [-0.4, -0.2) is 17.6 Å². The minimum Gasteiger partial charge on any atom is -0.335 e. The van der Waals surface area contributed by atoms with Gasteiger partial charge in [0.15, 0.2) is 0 Å². The number of hydrogen-bond acceptors (Lipinski definition) is 1. The first kappa shape index (κ1) is 14.8. The number of rotatable bonds is 2. The van der Waals surface area contributed by atoms with Crippen LogP contribution in [0.2, 0.25) is 0 Å². The third kappa shape index (κ3) is 2.65. The lowest BCUT2D eigenvalue weighted by Crippen LogP contribution is -2.66. The summed E-state index contributed by atoms with van der Waals surface area (Å²) in [5.41, 5.74) is 1.01. The van der Waals surface area contributed by atoms with E-state index in [0.29, 0.717) is 16.9 Å². The van der Waals surface area contributed by atoms with Crippen LogP contribution in [0, 0.1) is 16.7 Å². The summed E-state index contributed by atoms with van der Waals surface area (Å²) in [5.74, 6) is 0.834. The molecule has 0 spiro atoms. The van der Waals surface area contributed by atoms with Crippen molar-refractivity contribution in [2.45, 2.75) is 96.1 Å². The molecule has 2 N–H and O–H groups in total. The summed E-state index contributed by atoms with van der Waals surface area (Å²) in [4.78, 5) is 12.6. The van der Waals surface area contributed by atoms with Crippen LogP contribution in [0.3, 0.4) is 0 Å². The average Bonchev–Trinajstić information content (AvgIpc) is 2.34. The van der Waals surface area contributed by atoms with Gasteiger partial charge in [0, 0.05) is 11.6 Å². The van der Waals surface area contributed by atoms with Gasteiger partial charge < -0.3 is 10.6 Å². The van der Waals surface area contributed by atoms with Crippen molar-refractivity contribution in [3.63, 3.8) is 0 Å². The fraction of sp³-hybridized carbons (Fsp3) is 0.947. The zero-order valence-corrected chi connectivity index (χ0v) is 14.3. The molecule has 5 aliphatic carbocycles. The van der Waals surface area contributed by atoms with Gasteiger partial charge in [-0.15, -0.1) is 0 Å². The van der Waals surface area contributed by atoms with Gasteiger partial charge in [0.05, 0.1) is 0 Å². The Morgan fingerprint density at radius 2 is 1.55 bits per heavy atom. The van der Waals surface area contributed by atoms with Crippen molar-refractivity contribution in [3.8, 4) is 0 Å². The van der Waals surface area contributed by atoms with E-state index in [4.69, 9.17) is 0 Å². The number of amides is 2. The first-order valence-electron chi connectivity index (χ1n) is 9.47. The molecule has 0 saturated heterocycles. The molecule has 3 nitrogen and oxygen atoms in total. The Balaban J connectivity index is 1.44. The van der Waals surface area contributed by atoms with Gasteiger partial charge in [-0.1, -0.05) is 33.1 Å². The smallest absolute Gasteiger partial charge is 0.315 e. The number of carbonyl (C=O) groups is 1. The lowest BCUT2D eigenvalue weighted by atomic mass is 9.43. The van der Waals surface area contributed by atoms with Gasteiger partial charge in [-0.05, 0) is 68.1 Å². The second-order valence-electron chi connectivity index (χ2n) is 9.84. The van der Waals surface area contributed by atoms with Gasteiger partial charge in [0.2, 0.25) is 0 Å². The molecule has 0 aromatic rings. The van der Waals surface area contributed by atoms with Crippen LogP contribution in [0.25, 0.3) is 0 Å². The monoisotopic (exact) mass is 304 g/mol. The Kier molecular flexibility index (Phi) is 3.29. The SMILES string of the molecule is C[C@@]12CC3CC(NC(=O)NC4CCCCC4)(C1)C[C@@](C)(C3)C2. The molecule has 0 radical (unpaired) electrons. The fourth-order valence-electron chi connectivity index (χ4n) is 7.30. The molecule has 22 heavy (non-hydrogen) atoms. The maximum atomic E-state index is 12.6. The van der Waals surface area contributed by atoms with E-state index in [1.807, 2.05) is 0 Å². The molecular formula is C19H32N2O. The summed E-state index contributed by atoms with van der Waals surface area (Å²) < 4.78 is 0. The summed E-state index contributed by atoms with van der Waals surface area (Å²) in [6.45, 7) is 4.93. The van der Waals surface area contributed by atoms with Crippen LogP contribution in [0.15, 0.2) is 0 Å². The Bertz CT molecular complexity index is 450. The normalized spacial score (nSPS) is 47.5. The summed E-state index contributed by atoms with van der Waals surface area (Å²) in [6.07, 6.45) is 14.0. The Labute approximate surface area is 135 Å². The van der Waals surface area contributed by atoms with Gasteiger partial charge in [0.25, 0.3) is 0 Å². The molecule has 3 heteroatoms. The lowest BCUT2D eigenvalue weighted by molar-refractivity contribution is -0.113. The van der Waals surface area contributed by atoms with Crippen molar-refractivity contribution < 1.29 is 4.79 Å². The molecule has 2 amide bonds. The maximum Gasteiger partial charge on any atom is 0.315 e. The lowest BCUT2D eigenvalue weighted by Gasteiger charge is -2.65. The van der Waals surface area contributed by atoms with Gasteiger partial charge in [-0.2, -0.15) is 0 Å². The highest BCUT2D eigenvalue weighted by Gasteiger charge is 2.60. The summed E-state index contributed by atoms with van der Waals surface area (Å²) in [7, 11) is 0. The third-order valence-electron chi connectivity index (χ3n) is 6.95. The highest BCUT2D eigenvalue weighted by atomic mass is 16.2. The van der Waals surface area contributed by atoms with Crippen LogP contribution in [0.1, 0.15) is 84.5 Å². The molecule has 5 saturated carbocycles. The van der Waals surface area contributed by atoms with Crippen molar-refractivity contribution in [1.29, 1.82) is 0 Å². The second-order valence-corrected chi connectivity index (χ2v) is 9.84. The van der Waals surface area contributed by atoms with Crippen LogP contribution in [0.5, 0.6) is 0 Å². The first-order valence-corrected chi connectivity index (χ1v) is 9.47. The molecule has 0 heterocycles. The minimum absolute atomic E-state index is 0.0850. The molecule has 2 atom stereocenters. The Morgan fingerprint density at radius 3 is 2.14 bits per heavy atom. The summed E-state index contributed by atoms with van der Waals surface area (Å²) in [6, 6.07) is 0.523. The molecule has 124 valence electrons. The fourth-order valence-corrected chi connectivity index (χ4v) is 7.30. The van der Waals surface area contributed by atoms with E-state index >= 15 is 0 Å². The molecule has 5 aliphatic rings. The molecule has 0 unspecified atom stereocenters. The van der Waals surface area contributed by atoms with Crippen molar-refractivity contribution in [1.82, 2.24) is 10.6 Å². The molecule has 0 aromatic carbocycles. The Hall–Kier alpha value is -0.730. The average molecular weight is 304 g/mol. The predicted octanol–water partition coefficient (Wildman–Crippen LogP) is 4.37. The number of hydrogen-bond donors (Lipinski definition) is 2. The summed E-state index contributed by atoms with van der Waals surface area (Å²) >= 11 is 0. The first-order chi connectivity index (χ1) is 10.4. The van der Waals surface area contributed by atoms with E-state index in [9.17, 15) is 4.79 Å². The predicted molar refractivity (Wildman–Crippen MR) is 88.7 cm³/mol. The highest BCUT2D eigenvalue weighted by Crippen LogP contribution is 2.66. The molecule has 0 aliphatic heterocycles. The Morgan fingerprint density at radius 1 is 0.909 bits per heavy atom. The van der Waals surface area contributed by atoms with Gasteiger partial charge in [0.1, 0.15) is 0 Å². The van der Waals surface area contributed by atoms with Crippen molar-refractivity contribution in [2.24, 2.45) is 16.7 Å². The molecule has 0 aromatic heterocycles.